The summed E-state index contributed by atoms with van der Waals surface area (Å²) in [6.07, 6.45) is 7.44. The highest BCUT2D eigenvalue weighted by molar-refractivity contribution is 7.55. The zero-order valence-corrected chi connectivity index (χ0v) is 13.4. The van der Waals surface area contributed by atoms with Crippen LogP contribution in [0.5, 0.6) is 0 Å². The molecule has 0 heterocycles. The third kappa shape index (κ3) is 5.88. The average Bonchev–Trinajstić information content (AvgIpc) is 2.51. The predicted molar refractivity (Wildman–Crippen MR) is 92.7 cm³/mol. The number of rotatable bonds is 2. The van der Waals surface area contributed by atoms with Crippen LogP contribution < -0.4 is 10.6 Å². The molecule has 2 aromatic rings. The molecule has 0 spiro atoms. The molecule has 0 bridgehead atoms. The molecule has 3 rings (SSSR count). The Morgan fingerprint density at radius 2 is 1.15 bits per heavy atom. The third-order valence-electron chi connectivity index (χ3n) is 3.73. The quantitative estimate of drug-likeness (QED) is 0.688. The van der Waals surface area contributed by atoms with Crippen LogP contribution in [0.4, 0.5) is 0 Å². The van der Waals surface area contributed by atoms with Gasteiger partial charge in [-0.1, -0.05) is 108 Å². The first-order chi connectivity index (χ1) is 9.84. The van der Waals surface area contributed by atoms with E-state index in [0.717, 1.165) is 14.5 Å². The van der Waals surface area contributed by atoms with E-state index in [0.29, 0.717) is 0 Å². The van der Waals surface area contributed by atoms with Crippen LogP contribution in [0.15, 0.2) is 60.7 Å². The summed E-state index contributed by atoms with van der Waals surface area (Å²) in [5, 5.41) is 2.79. The molecule has 1 aliphatic rings. The lowest BCUT2D eigenvalue weighted by Gasteiger charge is -2.15. The van der Waals surface area contributed by atoms with Crippen molar-refractivity contribution < 1.29 is 0 Å². The minimum Gasteiger partial charge on any atom is -0.0625 e. The summed E-state index contributed by atoms with van der Waals surface area (Å²) in [6, 6.07) is 21.2. The SMILES string of the molecule is CC1CCCCC1.c1ccc(Pc2ccccc2)cc1. The van der Waals surface area contributed by atoms with E-state index in [9.17, 15) is 0 Å². The molecule has 106 valence electrons. The Labute approximate surface area is 125 Å². The van der Waals surface area contributed by atoms with Gasteiger partial charge in [0, 0.05) is 0 Å². The van der Waals surface area contributed by atoms with Gasteiger partial charge < -0.3 is 0 Å². The molecule has 1 fully saturated rings. The van der Waals surface area contributed by atoms with Crippen molar-refractivity contribution in [1.29, 1.82) is 0 Å². The van der Waals surface area contributed by atoms with E-state index in [-0.39, 0.29) is 0 Å². The standard InChI is InChI=1S/C12H11P.C7H14/c1-3-7-11(8-4-1)13-12-9-5-2-6-10-12;1-7-5-3-2-4-6-7/h1-10,13H;7H,2-6H2,1H3. The summed E-state index contributed by atoms with van der Waals surface area (Å²) in [5.41, 5.74) is 0. The highest BCUT2D eigenvalue weighted by Gasteiger charge is 2.05. The average molecular weight is 284 g/mol. The van der Waals surface area contributed by atoms with Gasteiger partial charge in [0.2, 0.25) is 0 Å². The van der Waals surface area contributed by atoms with E-state index in [2.05, 4.69) is 67.6 Å². The Kier molecular flexibility index (Phi) is 6.81. The van der Waals surface area contributed by atoms with Gasteiger partial charge in [-0.25, -0.2) is 0 Å². The summed E-state index contributed by atoms with van der Waals surface area (Å²) in [7, 11) is 0.777. The molecule has 0 saturated heterocycles. The second kappa shape index (κ2) is 8.93. The van der Waals surface area contributed by atoms with Crippen molar-refractivity contribution in [2.45, 2.75) is 39.0 Å². The van der Waals surface area contributed by atoms with E-state index in [1.54, 1.807) is 0 Å². The molecular weight excluding hydrogens is 259 g/mol. The molecular formula is C19H25P. The van der Waals surface area contributed by atoms with Gasteiger partial charge in [-0.15, -0.1) is 0 Å². The van der Waals surface area contributed by atoms with Gasteiger partial charge in [-0.05, 0) is 16.5 Å². The van der Waals surface area contributed by atoms with E-state index in [1.807, 2.05) is 0 Å². The molecule has 0 aromatic heterocycles. The maximum atomic E-state index is 2.36. The van der Waals surface area contributed by atoms with Crippen LogP contribution in [-0.4, -0.2) is 0 Å². The second-order valence-corrected chi connectivity index (χ2v) is 7.00. The highest BCUT2D eigenvalue weighted by atomic mass is 31.1. The van der Waals surface area contributed by atoms with Crippen LogP contribution in [0, 0.1) is 5.92 Å². The fraction of sp³-hybridized carbons (Fsp3) is 0.368. The zero-order valence-electron chi connectivity index (χ0n) is 12.4. The van der Waals surface area contributed by atoms with Crippen molar-refractivity contribution in [3.05, 3.63) is 60.7 Å². The fourth-order valence-electron chi connectivity index (χ4n) is 2.52. The molecule has 0 aliphatic heterocycles. The summed E-state index contributed by atoms with van der Waals surface area (Å²) < 4.78 is 0. The van der Waals surface area contributed by atoms with E-state index in [4.69, 9.17) is 0 Å². The molecule has 1 saturated carbocycles. The van der Waals surface area contributed by atoms with Gasteiger partial charge in [0.15, 0.2) is 0 Å². The number of benzene rings is 2. The molecule has 2 aromatic carbocycles. The van der Waals surface area contributed by atoms with Crippen LogP contribution in [0.25, 0.3) is 0 Å². The lowest BCUT2D eigenvalue weighted by atomic mass is 9.91. The van der Waals surface area contributed by atoms with E-state index in [1.165, 1.54) is 42.7 Å². The smallest absolute Gasteiger partial charge is 0.0226 e. The largest absolute Gasteiger partial charge is 0.0625 e. The van der Waals surface area contributed by atoms with Crippen LogP contribution in [-0.2, 0) is 0 Å². The number of hydrogen-bond donors (Lipinski definition) is 0. The Hall–Kier alpha value is -1.13. The zero-order chi connectivity index (χ0) is 14.0. The molecule has 1 heteroatoms. The van der Waals surface area contributed by atoms with Crippen LogP contribution >= 0.6 is 8.58 Å². The van der Waals surface area contributed by atoms with E-state index < -0.39 is 0 Å². The summed E-state index contributed by atoms with van der Waals surface area (Å²) in [5.74, 6) is 1.04. The van der Waals surface area contributed by atoms with Crippen molar-refractivity contribution in [3.8, 4) is 0 Å². The third-order valence-corrected chi connectivity index (χ3v) is 4.97. The maximum Gasteiger partial charge on any atom is -0.0226 e. The molecule has 20 heavy (non-hydrogen) atoms. The van der Waals surface area contributed by atoms with Gasteiger partial charge in [-0.3, -0.25) is 0 Å². The summed E-state index contributed by atoms with van der Waals surface area (Å²) in [4.78, 5) is 0. The van der Waals surface area contributed by atoms with Crippen molar-refractivity contribution in [3.63, 3.8) is 0 Å². The minimum absolute atomic E-state index is 0.777. The fourth-order valence-corrected chi connectivity index (χ4v) is 3.57. The van der Waals surface area contributed by atoms with Crippen molar-refractivity contribution in [2.24, 2.45) is 5.92 Å². The van der Waals surface area contributed by atoms with Crippen LogP contribution in [0.2, 0.25) is 0 Å². The minimum atomic E-state index is 0.777. The monoisotopic (exact) mass is 284 g/mol. The van der Waals surface area contributed by atoms with Crippen molar-refractivity contribution >= 4 is 19.2 Å². The van der Waals surface area contributed by atoms with Crippen molar-refractivity contribution in [1.82, 2.24) is 0 Å². The molecule has 0 nitrogen and oxygen atoms in total. The summed E-state index contributed by atoms with van der Waals surface area (Å²) >= 11 is 0. The summed E-state index contributed by atoms with van der Waals surface area (Å²) in [6.45, 7) is 2.36. The first kappa shape index (κ1) is 15.3. The van der Waals surface area contributed by atoms with Gasteiger partial charge in [0.05, 0.1) is 0 Å². The first-order valence-corrected chi connectivity index (χ1v) is 8.72. The Morgan fingerprint density at radius 1 is 0.700 bits per heavy atom. The highest BCUT2D eigenvalue weighted by Crippen LogP contribution is 2.22. The van der Waals surface area contributed by atoms with Gasteiger partial charge in [0.1, 0.15) is 0 Å². The van der Waals surface area contributed by atoms with Crippen LogP contribution in [0.1, 0.15) is 39.0 Å². The van der Waals surface area contributed by atoms with Gasteiger partial charge in [-0.2, -0.15) is 0 Å². The number of hydrogen-bond acceptors (Lipinski definition) is 0. The molecule has 0 atom stereocenters. The molecule has 0 unspecified atom stereocenters. The molecule has 0 amide bonds. The van der Waals surface area contributed by atoms with Gasteiger partial charge >= 0.3 is 0 Å². The topological polar surface area (TPSA) is 0 Å². The van der Waals surface area contributed by atoms with E-state index >= 15 is 0 Å². The lowest BCUT2D eigenvalue weighted by Crippen LogP contribution is -2.01. The first-order valence-electron chi connectivity index (χ1n) is 7.72. The Balaban J connectivity index is 0.000000178. The second-order valence-electron chi connectivity index (χ2n) is 5.60. The predicted octanol–water partition coefficient (Wildman–Crippen LogP) is 4.90. The van der Waals surface area contributed by atoms with Crippen molar-refractivity contribution in [2.75, 3.05) is 0 Å². The normalized spacial score (nSPS) is 15.2. The molecule has 0 radical (unpaired) electrons. The maximum absolute atomic E-state index is 2.36. The molecule has 1 aliphatic carbocycles. The lowest BCUT2D eigenvalue weighted by molar-refractivity contribution is 0.385. The van der Waals surface area contributed by atoms with Gasteiger partial charge in [0.25, 0.3) is 0 Å². The van der Waals surface area contributed by atoms with Crippen LogP contribution in [0.3, 0.4) is 0 Å². The Morgan fingerprint density at radius 3 is 1.50 bits per heavy atom. The Bertz CT molecular complexity index is 420. The molecule has 0 N–H and O–H groups in total.